The van der Waals surface area contributed by atoms with Crippen LogP contribution in [-0.2, 0) is 0 Å². The van der Waals surface area contributed by atoms with Crippen LogP contribution in [0.4, 0.5) is 0 Å². The fourth-order valence-electron chi connectivity index (χ4n) is 7.31. The quantitative estimate of drug-likeness (QED) is 0.141. The smallest absolute Gasteiger partial charge is 0.160 e. The number of rotatable bonds is 4. The summed E-state index contributed by atoms with van der Waals surface area (Å²) < 4.78 is 2.56. The van der Waals surface area contributed by atoms with Crippen molar-refractivity contribution in [3.8, 4) is 45.0 Å². The Morgan fingerprint density at radius 3 is 1.82 bits per heavy atom. The summed E-state index contributed by atoms with van der Waals surface area (Å²) in [7, 11) is 0. The minimum absolute atomic E-state index is 0.719. The van der Waals surface area contributed by atoms with E-state index in [-0.39, 0.29) is 0 Å². The maximum absolute atomic E-state index is 5.19. The molecule has 0 radical (unpaired) electrons. The van der Waals surface area contributed by atoms with Crippen molar-refractivity contribution in [1.82, 2.24) is 9.97 Å². The molecule has 0 fully saturated rings. The molecule has 10 rings (SSSR count). The van der Waals surface area contributed by atoms with Crippen molar-refractivity contribution < 1.29 is 0 Å². The second-order valence-electron chi connectivity index (χ2n) is 12.6. The lowest BCUT2D eigenvalue weighted by Crippen LogP contribution is -1.96. The Morgan fingerprint density at radius 1 is 0.327 bits per heavy atom. The molecule has 2 nitrogen and oxygen atoms in total. The standard InChI is InChI=1S/C46H28N2S/c1-2-12-30(13-3-1)46-47-41(28-42(48-46)33-22-23-38-37-19-8-9-20-43(37)49-44(38)27-33)32-15-10-16-34(25-32)45-36-18-7-5-14-31(36)26-40-35-17-6-4-11-29(35)21-24-39(40)45/h1-28H. The number of aromatic nitrogens is 2. The Labute approximate surface area is 287 Å². The second-order valence-corrected chi connectivity index (χ2v) is 13.7. The Bertz CT molecular complexity index is 2890. The zero-order chi connectivity index (χ0) is 32.3. The summed E-state index contributed by atoms with van der Waals surface area (Å²) in [6.07, 6.45) is 0. The summed E-state index contributed by atoms with van der Waals surface area (Å²) in [6, 6.07) is 60.9. The van der Waals surface area contributed by atoms with Gasteiger partial charge in [0.2, 0.25) is 0 Å². The lowest BCUT2D eigenvalue weighted by Gasteiger charge is -2.15. The number of hydrogen-bond donors (Lipinski definition) is 0. The van der Waals surface area contributed by atoms with Crippen LogP contribution in [0.25, 0.3) is 97.5 Å². The zero-order valence-corrected chi connectivity index (χ0v) is 27.3. The van der Waals surface area contributed by atoms with Crippen LogP contribution >= 0.6 is 11.3 Å². The SMILES string of the molecule is c1ccc(-c2nc(-c3cccc(-c4c5ccccc5cc5c4ccc4ccccc45)c3)cc(-c3ccc4c(c3)sc3ccccc34)n2)cc1. The Morgan fingerprint density at radius 2 is 0.959 bits per heavy atom. The van der Waals surface area contributed by atoms with E-state index in [1.54, 1.807) is 0 Å². The van der Waals surface area contributed by atoms with Crippen molar-refractivity contribution in [2.24, 2.45) is 0 Å². The second kappa shape index (κ2) is 11.2. The maximum Gasteiger partial charge on any atom is 0.160 e. The van der Waals surface area contributed by atoms with Crippen LogP contribution in [0.5, 0.6) is 0 Å². The molecule has 8 aromatic carbocycles. The first-order valence-electron chi connectivity index (χ1n) is 16.6. The number of fused-ring (bicyclic) bond motifs is 7. The lowest BCUT2D eigenvalue weighted by atomic mass is 9.89. The van der Waals surface area contributed by atoms with Crippen molar-refractivity contribution in [3.63, 3.8) is 0 Å². The molecule has 0 atom stereocenters. The normalized spacial score (nSPS) is 11.7. The minimum Gasteiger partial charge on any atom is -0.228 e. The predicted molar refractivity (Wildman–Crippen MR) is 209 cm³/mol. The van der Waals surface area contributed by atoms with Gasteiger partial charge in [-0.3, -0.25) is 0 Å². The molecule has 0 saturated carbocycles. The van der Waals surface area contributed by atoms with E-state index in [9.17, 15) is 0 Å². The van der Waals surface area contributed by atoms with E-state index < -0.39 is 0 Å². The molecule has 0 unspecified atom stereocenters. The van der Waals surface area contributed by atoms with Gasteiger partial charge >= 0.3 is 0 Å². The van der Waals surface area contributed by atoms with Crippen LogP contribution in [-0.4, -0.2) is 9.97 Å². The summed E-state index contributed by atoms with van der Waals surface area (Å²) in [6.45, 7) is 0. The summed E-state index contributed by atoms with van der Waals surface area (Å²) in [4.78, 5) is 10.3. The number of hydrogen-bond acceptors (Lipinski definition) is 3. The molecular formula is C46H28N2S. The van der Waals surface area contributed by atoms with Crippen LogP contribution in [0.1, 0.15) is 0 Å². The van der Waals surface area contributed by atoms with Crippen LogP contribution < -0.4 is 0 Å². The van der Waals surface area contributed by atoms with E-state index in [4.69, 9.17) is 9.97 Å². The zero-order valence-electron chi connectivity index (χ0n) is 26.5. The summed E-state index contributed by atoms with van der Waals surface area (Å²) in [5, 5.41) is 10.1. The van der Waals surface area contributed by atoms with Gasteiger partial charge in [-0.25, -0.2) is 9.97 Å². The van der Waals surface area contributed by atoms with Crippen molar-refractivity contribution in [3.05, 3.63) is 170 Å². The average molecular weight is 641 g/mol. The van der Waals surface area contributed by atoms with Crippen LogP contribution in [0.2, 0.25) is 0 Å². The van der Waals surface area contributed by atoms with Crippen molar-refractivity contribution in [2.45, 2.75) is 0 Å². The summed E-state index contributed by atoms with van der Waals surface area (Å²) in [5.41, 5.74) is 7.37. The van der Waals surface area contributed by atoms with Gasteiger partial charge in [-0.15, -0.1) is 11.3 Å². The van der Waals surface area contributed by atoms with Crippen LogP contribution in [0.3, 0.4) is 0 Å². The van der Waals surface area contributed by atoms with Gasteiger partial charge in [-0.2, -0.15) is 0 Å². The van der Waals surface area contributed by atoms with Gasteiger partial charge in [-0.1, -0.05) is 140 Å². The first kappa shape index (κ1) is 27.9. The van der Waals surface area contributed by atoms with E-state index in [2.05, 4.69) is 152 Å². The van der Waals surface area contributed by atoms with Crippen molar-refractivity contribution >= 4 is 63.8 Å². The Balaban J connectivity index is 1.18. The van der Waals surface area contributed by atoms with E-state index in [1.165, 1.54) is 63.6 Å². The molecule has 3 heteroatoms. The van der Waals surface area contributed by atoms with Gasteiger partial charge in [0.1, 0.15) is 0 Å². The van der Waals surface area contributed by atoms with E-state index in [0.717, 1.165) is 33.9 Å². The molecule has 0 saturated heterocycles. The minimum atomic E-state index is 0.719. The number of benzene rings is 8. The molecule has 0 amide bonds. The largest absolute Gasteiger partial charge is 0.228 e. The maximum atomic E-state index is 5.19. The molecule has 2 heterocycles. The van der Waals surface area contributed by atoms with Gasteiger partial charge < -0.3 is 0 Å². The average Bonchev–Trinajstić information content (AvgIpc) is 3.55. The van der Waals surface area contributed by atoms with Gasteiger partial charge in [0, 0.05) is 36.9 Å². The molecule has 0 bridgehead atoms. The van der Waals surface area contributed by atoms with E-state index in [0.29, 0.717) is 0 Å². The third-order valence-electron chi connectivity index (χ3n) is 9.65. The highest BCUT2D eigenvalue weighted by atomic mass is 32.1. The van der Waals surface area contributed by atoms with Crippen molar-refractivity contribution in [2.75, 3.05) is 0 Å². The van der Waals surface area contributed by atoms with E-state index >= 15 is 0 Å². The first-order valence-corrected chi connectivity index (χ1v) is 17.4. The van der Waals surface area contributed by atoms with Gasteiger partial charge in [0.25, 0.3) is 0 Å². The fraction of sp³-hybridized carbons (Fsp3) is 0. The molecule has 0 aliphatic carbocycles. The molecular weight excluding hydrogens is 613 g/mol. The number of nitrogens with zero attached hydrogens (tertiary/aromatic N) is 2. The van der Waals surface area contributed by atoms with Gasteiger partial charge in [0.15, 0.2) is 5.82 Å². The third kappa shape index (κ3) is 4.70. The summed E-state index contributed by atoms with van der Waals surface area (Å²) >= 11 is 1.83. The number of thiophene rings is 1. The molecule has 0 spiro atoms. The first-order chi connectivity index (χ1) is 24.3. The lowest BCUT2D eigenvalue weighted by molar-refractivity contribution is 1.18. The highest BCUT2D eigenvalue weighted by Gasteiger charge is 2.16. The Hall–Kier alpha value is -6.16. The molecule has 0 aliphatic heterocycles. The summed E-state index contributed by atoms with van der Waals surface area (Å²) in [5.74, 6) is 0.719. The van der Waals surface area contributed by atoms with Crippen LogP contribution in [0.15, 0.2) is 170 Å². The van der Waals surface area contributed by atoms with Crippen LogP contribution in [0, 0.1) is 0 Å². The monoisotopic (exact) mass is 640 g/mol. The molecule has 0 N–H and O–H groups in total. The highest BCUT2D eigenvalue weighted by Crippen LogP contribution is 2.41. The topological polar surface area (TPSA) is 25.8 Å². The molecule has 49 heavy (non-hydrogen) atoms. The molecule has 10 aromatic rings. The molecule has 0 aliphatic rings. The third-order valence-corrected chi connectivity index (χ3v) is 10.8. The van der Waals surface area contributed by atoms with Gasteiger partial charge in [0.05, 0.1) is 11.4 Å². The molecule has 228 valence electrons. The van der Waals surface area contributed by atoms with E-state index in [1.807, 2.05) is 29.5 Å². The highest BCUT2D eigenvalue weighted by molar-refractivity contribution is 7.25. The van der Waals surface area contributed by atoms with Gasteiger partial charge in [-0.05, 0) is 73.8 Å². The fourth-order valence-corrected chi connectivity index (χ4v) is 8.46. The van der Waals surface area contributed by atoms with Crippen molar-refractivity contribution in [1.29, 1.82) is 0 Å². The Kier molecular flexibility index (Phi) is 6.39. The molecule has 2 aromatic heterocycles. The predicted octanol–water partition coefficient (Wildman–Crippen LogP) is 13.0.